The van der Waals surface area contributed by atoms with Crippen LogP contribution in [0.5, 0.6) is 0 Å². The predicted molar refractivity (Wildman–Crippen MR) is 106 cm³/mol. The third-order valence-electron chi connectivity index (χ3n) is 4.47. The summed E-state index contributed by atoms with van der Waals surface area (Å²) in [4.78, 5) is -0.978. The van der Waals surface area contributed by atoms with Gasteiger partial charge < -0.3 is 0 Å². The summed E-state index contributed by atoms with van der Waals surface area (Å²) in [5.74, 6) is -2.71. The van der Waals surface area contributed by atoms with Crippen molar-refractivity contribution in [1.29, 1.82) is 0 Å². The lowest BCUT2D eigenvalue weighted by molar-refractivity contribution is -0.138. The van der Waals surface area contributed by atoms with Crippen LogP contribution in [0, 0.1) is 18.6 Å². The molecular weight excluding hydrogens is 445 g/mol. The van der Waals surface area contributed by atoms with Gasteiger partial charge >= 0.3 is 6.18 Å². The van der Waals surface area contributed by atoms with Crippen LogP contribution in [0.4, 0.5) is 22.0 Å². The summed E-state index contributed by atoms with van der Waals surface area (Å²) in [5, 5.41) is 4.81. The SMILES string of the molecule is Cc1ccc(-c2ccc(-c3cc(F)c(S(N)(=O)=O)c(F)c3)cc2S)cc1C(F)(F)F. The highest BCUT2D eigenvalue weighted by atomic mass is 32.2. The molecule has 0 atom stereocenters. The van der Waals surface area contributed by atoms with Crippen molar-refractivity contribution in [2.75, 3.05) is 0 Å². The van der Waals surface area contributed by atoms with Gasteiger partial charge in [-0.3, -0.25) is 0 Å². The zero-order valence-corrected chi connectivity index (χ0v) is 17.0. The number of hydrogen-bond donors (Lipinski definition) is 2. The lowest BCUT2D eigenvalue weighted by Crippen LogP contribution is -2.16. The Morgan fingerprint density at radius 1 is 0.867 bits per heavy atom. The average molecular weight is 459 g/mol. The van der Waals surface area contributed by atoms with Crippen LogP contribution < -0.4 is 5.14 Å². The van der Waals surface area contributed by atoms with Crippen molar-refractivity contribution >= 4 is 22.7 Å². The molecule has 3 aromatic rings. The van der Waals surface area contributed by atoms with Gasteiger partial charge in [0.15, 0.2) is 4.90 Å². The van der Waals surface area contributed by atoms with E-state index in [0.717, 1.165) is 18.2 Å². The molecule has 0 aliphatic rings. The lowest BCUT2D eigenvalue weighted by Gasteiger charge is -2.14. The van der Waals surface area contributed by atoms with Crippen LogP contribution in [-0.4, -0.2) is 8.42 Å². The van der Waals surface area contributed by atoms with Gasteiger partial charge in [0.1, 0.15) is 11.6 Å². The second-order valence-electron chi connectivity index (χ2n) is 6.57. The summed E-state index contributed by atoms with van der Waals surface area (Å²) in [6, 6.07) is 9.78. The Morgan fingerprint density at radius 3 is 1.93 bits per heavy atom. The van der Waals surface area contributed by atoms with Crippen molar-refractivity contribution in [3.05, 3.63) is 71.3 Å². The van der Waals surface area contributed by atoms with Crippen molar-refractivity contribution in [2.24, 2.45) is 5.14 Å². The molecule has 0 spiro atoms. The maximum atomic E-state index is 14.1. The number of primary sulfonamides is 1. The Labute approximate surface area is 174 Å². The first-order valence-electron chi connectivity index (χ1n) is 8.32. The topological polar surface area (TPSA) is 60.2 Å². The fourth-order valence-electron chi connectivity index (χ4n) is 3.05. The summed E-state index contributed by atoms with van der Waals surface area (Å²) in [6.45, 7) is 1.35. The molecule has 3 rings (SSSR count). The van der Waals surface area contributed by atoms with Crippen LogP contribution >= 0.6 is 12.6 Å². The number of halogens is 5. The van der Waals surface area contributed by atoms with Gasteiger partial charge in [-0.15, -0.1) is 12.6 Å². The third kappa shape index (κ3) is 4.35. The molecule has 0 aromatic heterocycles. The molecule has 3 aromatic carbocycles. The van der Waals surface area contributed by atoms with Crippen molar-refractivity contribution in [2.45, 2.75) is 22.9 Å². The monoisotopic (exact) mass is 459 g/mol. The molecule has 2 N–H and O–H groups in total. The molecule has 3 nitrogen and oxygen atoms in total. The molecule has 0 heterocycles. The van der Waals surface area contributed by atoms with Crippen LogP contribution in [0.2, 0.25) is 0 Å². The van der Waals surface area contributed by atoms with Crippen LogP contribution in [0.15, 0.2) is 58.3 Å². The molecule has 0 saturated carbocycles. The quantitative estimate of drug-likeness (QED) is 0.398. The van der Waals surface area contributed by atoms with Gasteiger partial charge in [-0.05, 0) is 59.0 Å². The second-order valence-corrected chi connectivity index (χ2v) is 8.55. The fraction of sp³-hybridized carbons (Fsp3) is 0.100. The van der Waals surface area contributed by atoms with Crippen molar-refractivity contribution in [3.8, 4) is 22.3 Å². The van der Waals surface area contributed by atoms with Crippen LogP contribution in [0.25, 0.3) is 22.3 Å². The molecule has 0 fully saturated rings. The molecular formula is C20H14F5NO2S2. The van der Waals surface area contributed by atoms with Gasteiger partial charge in [0, 0.05) is 4.90 Å². The first kappa shape index (κ1) is 22.3. The molecule has 0 radical (unpaired) electrons. The van der Waals surface area contributed by atoms with E-state index < -0.39 is 38.3 Å². The standard InChI is InChI=1S/C20H14F5NO2S2/c1-10-2-3-12(6-15(10)20(23,24)25)14-5-4-11(9-18(14)29)13-7-16(21)19(17(22)8-13)30(26,27)28/h2-9,29H,1H3,(H2,26,27,28). The van der Waals surface area contributed by atoms with E-state index in [1.807, 2.05) is 0 Å². The minimum Gasteiger partial charge on any atom is -0.224 e. The normalized spacial score (nSPS) is 12.3. The molecule has 0 unspecified atom stereocenters. The predicted octanol–water partition coefficient (Wildman–Crippen LogP) is 5.56. The van der Waals surface area contributed by atoms with Crippen molar-refractivity contribution in [1.82, 2.24) is 0 Å². The zero-order chi connectivity index (χ0) is 22.4. The maximum Gasteiger partial charge on any atom is 0.416 e. The molecule has 0 aliphatic carbocycles. The highest BCUT2D eigenvalue weighted by Crippen LogP contribution is 2.37. The Morgan fingerprint density at radius 2 is 1.43 bits per heavy atom. The maximum absolute atomic E-state index is 14.1. The van der Waals surface area contributed by atoms with Crippen LogP contribution in [0.1, 0.15) is 11.1 Å². The molecule has 158 valence electrons. The molecule has 0 aliphatic heterocycles. The van der Waals surface area contributed by atoms with E-state index >= 15 is 0 Å². The Hall–Kier alpha value is -2.43. The number of alkyl halides is 3. The number of nitrogens with two attached hydrogens (primary N) is 1. The summed E-state index contributed by atoms with van der Waals surface area (Å²) < 4.78 is 90.4. The minimum atomic E-state index is -4.59. The molecule has 0 saturated heterocycles. The first-order valence-corrected chi connectivity index (χ1v) is 10.3. The first-order chi connectivity index (χ1) is 13.8. The Balaban J connectivity index is 2.08. The van der Waals surface area contributed by atoms with E-state index in [4.69, 9.17) is 5.14 Å². The summed E-state index contributed by atoms with van der Waals surface area (Å²) in [5.41, 5.74) is 0.245. The van der Waals surface area contributed by atoms with E-state index in [0.29, 0.717) is 5.56 Å². The van der Waals surface area contributed by atoms with Gasteiger partial charge in [0.25, 0.3) is 0 Å². The van der Waals surface area contributed by atoms with Gasteiger partial charge in [0.2, 0.25) is 10.0 Å². The Bertz CT molecular complexity index is 1230. The number of hydrogen-bond acceptors (Lipinski definition) is 3. The van der Waals surface area contributed by atoms with Gasteiger partial charge in [-0.2, -0.15) is 13.2 Å². The van der Waals surface area contributed by atoms with Gasteiger partial charge in [-0.25, -0.2) is 22.3 Å². The molecule has 0 bridgehead atoms. The molecule has 30 heavy (non-hydrogen) atoms. The summed E-state index contributed by atoms with van der Waals surface area (Å²) >= 11 is 4.30. The largest absolute Gasteiger partial charge is 0.416 e. The number of benzene rings is 3. The van der Waals surface area contributed by atoms with E-state index in [-0.39, 0.29) is 27.1 Å². The number of sulfonamides is 1. The number of thiol groups is 1. The summed E-state index contributed by atoms with van der Waals surface area (Å²) in [7, 11) is -4.59. The number of rotatable bonds is 3. The third-order valence-corrected chi connectivity index (χ3v) is 5.80. The highest BCUT2D eigenvalue weighted by Gasteiger charge is 2.32. The van der Waals surface area contributed by atoms with Gasteiger partial charge in [-0.1, -0.05) is 24.3 Å². The average Bonchev–Trinajstić information content (AvgIpc) is 2.59. The van der Waals surface area contributed by atoms with E-state index in [1.54, 1.807) is 0 Å². The minimum absolute atomic E-state index is 0.0131. The smallest absolute Gasteiger partial charge is 0.224 e. The molecule has 10 heteroatoms. The lowest BCUT2D eigenvalue weighted by atomic mass is 9.97. The highest BCUT2D eigenvalue weighted by molar-refractivity contribution is 7.89. The zero-order valence-electron chi connectivity index (χ0n) is 15.3. The van der Waals surface area contributed by atoms with Crippen molar-refractivity contribution < 1.29 is 30.4 Å². The van der Waals surface area contributed by atoms with Crippen LogP contribution in [0.3, 0.4) is 0 Å². The number of aryl methyl sites for hydroxylation is 1. The Kier molecular flexibility index (Phi) is 5.70. The molecule has 0 amide bonds. The summed E-state index contributed by atoms with van der Waals surface area (Å²) in [6.07, 6.45) is -4.52. The second kappa shape index (κ2) is 7.68. The van der Waals surface area contributed by atoms with E-state index in [2.05, 4.69) is 12.6 Å². The fourth-order valence-corrected chi connectivity index (χ4v) is 4.05. The van der Waals surface area contributed by atoms with E-state index in [1.165, 1.54) is 37.3 Å². The van der Waals surface area contributed by atoms with E-state index in [9.17, 15) is 30.4 Å². The van der Waals surface area contributed by atoms with Crippen LogP contribution in [-0.2, 0) is 16.2 Å². The van der Waals surface area contributed by atoms with Gasteiger partial charge in [0.05, 0.1) is 5.56 Å². The van der Waals surface area contributed by atoms with Crippen molar-refractivity contribution in [3.63, 3.8) is 0 Å².